The minimum atomic E-state index is 0.502. The Bertz CT molecular complexity index is 440. The molecule has 0 aliphatic carbocycles. The minimum Gasteiger partial charge on any atom is -0.493 e. The second-order valence-electron chi connectivity index (χ2n) is 5.10. The minimum absolute atomic E-state index is 0.502. The van der Waals surface area contributed by atoms with E-state index in [2.05, 4.69) is 12.2 Å². The third kappa shape index (κ3) is 5.68. The Morgan fingerprint density at radius 1 is 1.14 bits per heavy atom. The number of benzene rings is 1. The van der Waals surface area contributed by atoms with Crippen molar-refractivity contribution in [3.8, 4) is 17.2 Å². The molecule has 0 bridgehead atoms. The zero-order valence-corrected chi connectivity index (χ0v) is 13.8. The number of ether oxygens (including phenoxy) is 3. The summed E-state index contributed by atoms with van der Waals surface area (Å²) in [6, 6.07) is 3.98. The Morgan fingerprint density at radius 3 is 2.24 bits per heavy atom. The van der Waals surface area contributed by atoms with Gasteiger partial charge in [0.25, 0.3) is 0 Å². The molecular formula is C17H27NO3. The first kappa shape index (κ1) is 17.4. The van der Waals surface area contributed by atoms with E-state index in [4.69, 9.17) is 14.2 Å². The molecule has 118 valence electrons. The summed E-state index contributed by atoms with van der Waals surface area (Å²) >= 11 is 0. The maximum atomic E-state index is 5.79. The van der Waals surface area contributed by atoms with Crippen molar-refractivity contribution < 1.29 is 14.2 Å². The van der Waals surface area contributed by atoms with Gasteiger partial charge in [-0.1, -0.05) is 12.5 Å². The molecule has 21 heavy (non-hydrogen) atoms. The van der Waals surface area contributed by atoms with Crippen LogP contribution in [0.25, 0.3) is 0 Å². The molecule has 0 saturated heterocycles. The standard InChI is InChI=1S/C17H27NO3/c1-6-8-18-12-14-10-15(19-4)17(16(11-14)20-5)21-9-7-13(2)3/h7,10-11,18H,6,8-9,12H2,1-5H3. The highest BCUT2D eigenvalue weighted by molar-refractivity contribution is 5.54. The molecule has 0 heterocycles. The van der Waals surface area contributed by atoms with Gasteiger partial charge in [0.1, 0.15) is 6.61 Å². The van der Waals surface area contributed by atoms with Gasteiger partial charge in [-0.2, -0.15) is 0 Å². The summed E-state index contributed by atoms with van der Waals surface area (Å²) in [5.41, 5.74) is 2.33. The molecule has 1 aromatic rings. The van der Waals surface area contributed by atoms with E-state index < -0.39 is 0 Å². The van der Waals surface area contributed by atoms with Crippen LogP contribution in [0.5, 0.6) is 17.2 Å². The van der Waals surface area contributed by atoms with Crippen LogP contribution < -0.4 is 19.5 Å². The summed E-state index contributed by atoms with van der Waals surface area (Å²) in [5, 5.41) is 3.37. The topological polar surface area (TPSA) is 39.7 Å². The van der Waals surface area contributed by atoms with Crippen LogP contribution in [-0.4, -0.2) is 27.4 Å². The summed E-state index contributed by atoms with van der Waals surface area (Å²) in [5.74, 6) is 2.05. The van der Waals surface area contributed by atoms with Crippen LogP contribution in [0.1, 0.15) is 32.8 Å². The van der Waals surface area contributed by atoms with Crippen molar-refractivity contribution in [2.45, 2.75) is 33.7 Å². The highest BCUT2D eigenvalue weighted by atomic mass is 16.5. The Kier molecular flexibility index (Phi) is 7.69. The van der Waals surface area contributed by atoms with Gasteiger partial charge in [-0.15, -0.1) is 0 Å². The van der Waals surface area contributed by atoms with E-state index in [1.54, 1.807) is 14.2 Å². The van der Waals surface area contributed by atoms with Crippen LogP contribution in [0.15, 0.2) is 23.8 Å². The number of hydrogen-bond donors (Lipinski definition) is 1. The van der Waals surface area contributed by atoms with Crippen LogP contribution in [0, 0.1) is 0 Å². The predicted molar refractivity (Wildman–Crippen MR) is 86.5 cm³/mol. The number of nitrogens with one attached hydrogen (secondary N) is 1. The summed E-state index contributed by atoms with van der Waals surface area (Å²) in [7, 11) is 3.29. The number of allylic oxidation sites excluding steroid dienone is 1. The van der Waals surface area contributed by atoms with Gasteiger partial charge < -0.3 is 19.5 Å². The quantitative estimate of drug-likeness (QED) is 0.558. The summed E-state index contributed by atoms with van der Waals surface area (Å²) < 4.78 is 16.7. The van der Waals surface area contributed by atoms with Crippen LogP contribution >= 0.6 is 0 Å². The number of rotatable bonds is 9. The molecule has 1 rings (SSSR count). The van der Waals surface area contributed by atoms with Gasteiger partial charge in [0.15, 0.2) is 11.5 Å². The Morgan fingerprint density at radius 2 is 1.76 bits per heavy atom. The molecule has 0 aromatic heterocycles. The van der Waals surface area contributed by atoms with Crippen molar-refractivity contribution in [3.05, 3.63) is 29.3 Å². The zero-order valence-electron chi connectivity index (χ0n) is 13.8. The molecule has 4 heteroatoms. The maximum Gasteiger partial charge on any atom is 0.203 e. The molecule has 1 aromatic carbocycles. The predicted octanol–water partition coefficient (Wildman–Crippen LogP) is 3.55. The van der Waals surface area contributed by atoms with Crippen LogP contribution in [-0.2, 0) is 6.54 Å². The fourth-order valence-corrected chi connectivity index (χ4v) is 1.88. The monoisotopic (exact) mass is 293 g/mol. The van der Waals surface area contributed by atoms with E-state index in [9.17, 15) is 0 Å². The average Bonchev–Trinajstić information content (AvgIpc) is 2.47. The lowest BCUT2D eigenvalue weighted by molar-refractivity contribution is 0.300. The van der Waals surface area contributed by atoms with Crippen molar-refractivity contribution >= 4 is 0 Å². The van der Waals surface area contributed by atoms with Crippen molar-refractivity contribution in [3.63, 3.8) is 0 Å². The highest BCUT2D eigenvalue weighted by Gasteiger charge is 2.13. The Balaban J connectivity index is 2.92. The SMILES string of the molecule is CCCNCc1cc(OC)c(OCC=C(C)C)c(OC)c1. The summed E-state index contributed by atoms with van der Waals surface area (Å²) in [6.45, 7) is 8.51. The lowest BCUT2D eigenvalue weighted by Gasteiger charge is -2.16. The zero-order chi connectivity index (χ0) is 15.7. The molecule has 0 amide bonds. The van der Waals surface area contributed by atoms with Gasteiger partial charge in [0.05, 0.1) is 14.2 Å². The molecule has 1 N–H and O–H groups in total. The molecule has 0 saturated carbocycles. The molecule has 0 atom stereocenters. The van der Waals surface area contributed by atoms with E-state index in [1.807, 2.05) is 32.1 Å². The van der Waals surface area contributed by atoms with Crippen LogP contribution in [0.4, 0.5) is 0 Å². The molecule has 0 aliphatic heterocycles. The number of methoxy groups -OCH3 is 2. The second kappa shape index (κ2) is 9.29. The van der Waals surface area contributed by atoms with E-state index in [0.717, 1.165) is 25.1 Å². The third-order valence-electron chi connectivity index (χ3n) is 3.00. The molecular weight excluding hydrogens is 266 g/mol. The lowest BCUT2D eigenvalue weighted by atomic mass is 10.1. The fourth-order valence-electron chi connectivity index (χ4n) is 1.88. The largest absolute Gasteiger partial charge is 0.493 e. The van der Waals surface area contributed by atoms with E-state index in [1.165, 1.54) is 5.57 Å². The van der Waals surface area contributed by atoms with Crippen LogP contribution in [0.3, 0.4) is 0 Å². The van der Waals surface area contributed by atoms with E-state index in [0.29, 0.717) is 23.9 Å². The van der Waals surface area contributed by atoms with Crippen molar-refractivity contribution in [2.75, 3.05) is 27.4 Å². The molecule has 0 fully saturated rings. The molecule has 0 spiro atoms. The average molecular weight is 293 g/mol. The fraction of sp³-hybridized carbons (Fsp3) is 0.529. The Hall–Kier alpha value is -1.68. The van der Waals surface area contributed by atoms with Crippen molar-refractivity contribution in [2.24, 2.45) is 0 Å². The molecule has 4 nitrogen and oxygen atoms in total. The Labute approximate surface area is 128 Å². The van der Waals surface area contributed by atoms with Gasteiger partial charge in [0, 0.05) is 6.54 Å². The molecule has 0 aliphatic rings. The highest BCUT2D eigenvalue weighted by Crippen LogP contribution is 2.38. The first-order valence-corrected chi connectivity index (χ1v) is 7.34. The first-order chi connectivity index (χ1) is 10.1. The van der Waals surface area contributed by atoms with Crippen molar-refractivity contribution in [1.29, 1.82) is 0 Å². The lowest BCUT2D eigenvalue weighted by Crippen LogP contribution is -2.14. The van der Waals surface area contributed by atoms with Crippen LogP contribution in [0.2, 0.25) is 0 Å². The van der Waals surface area contributed by atoms with Gasteiger partial charge >= 0.3 is 0 Å². The smallest absolute Gasteiger partial charge is 0.203 e. The molecule has 0 unspecified atom stereocenters. The van der Waals surface area contributed by atoms with Crippen molar-refractivity contribution in [1.82, 2.24) is 5.32 Å². The van der Waals surface area contributed by atoms with Gasteiger partial charge in [-0.3, -0.25) is 0 Å². The van der Waals surface area contributed by atoms with E-state index in [-0.39, 0.29) is 0 Å². The van der Waals surface area contributed by atoms with E-state index >= 15 is 0 Å². The van der Waals surface area contributed by atoms with Gasteiger partial charge in [0.2, 0.25) is 5.75 Å². The van der Waals surface area contributed by atoms with Gasteiger partial charge in [-0.25, -0.2) is 0 Å². The summed E-state index contributed by atoms with van der Waals surface area (Å²) in [4.78, 5) is 0. The maximum absolute atomic E-state index is 5.79. The normalized spacial score (nSPS) is 10.1. The van der Waals surface area contributed by atoms with Gasteiger partial charge in [-0.05, 0) is 50.6 Å². The first-order valence-electron chi connectivity index (χ1n) is 7.34. The molecule has 0 radical (unpaired) electrons. The summed E-state index contributed by atoms with van der Waals surface area (Å²) in [6.07, 6.45) is 3.13. The second-order valence-corrected chi connectivity index (χ2v) is 5.10. The number of hydrogen-bond acceptors (Lipinski definition) is 4. The third-order valence-corrected chi connectivity index (χ3v) is 3.00.